The van der Waals surface area contributed by atoms with Crippen molar-refractivity contribution in [2.75, 3.05) is 0 Å². The van der Waals surface area contributed by atoms with E-state index in [0.29, 0.717) is 16.7 Å². The minimum atomic E-state index is 0.00161. The molecule has 2 aromatic rings. The molecule has 1 aromatic carbocycles. The Kier molecular flexibility index (Phi) is 5.20. The molecular formula is C18H14Cl4N4. The van der Waals surface area contributed by atoms with Gasteiger partial charge in [0.05, 0.1) is 11.7 Å². The first-order chi connectivity index (χ1) is 12.5. The number of amidine groups is 1. The molecule has 1 saturated carbocycles. The number of benzene rings is 1. The van der Waals surface area contributed by atoms with Gasteiger partial charge < -0.3 is 0 Å². The number of hydrogen-bond acceptors (Lipinski definition) is 4. The molecule has 0 N–H and O–H groups in total. The minimum Gasteiger partial charge on any atom is -0.252 e. The van der Waals surface area contributed by atoms with E-state index in [1.807, 2.05) is 18.2 Å². The molecule has 1 unspecified atom stereocenters. The van der Waals surface area contributed by atoms with Crippen molar-refractivity contribution in [3.05, 3.63) is 58.1 Å². The Morgan fingerprint density at radius 3 is 2.42 bits per heavy atom. The minimum absolute atomic E-state index is 0.00161. The van der Waals surface area contributed by atoms with Gasteiger partial charge in [0.1, 0.15) is 10.3 Å². The lowest BCUT2D eigenvalue weighted by Gasteiger charge is -2.48. The van der Waals surface area contributed by atoms with Crippen LogP contribution in [0, 0.1) is 5.92 Å². The van der Waals surface area contributed by atoms with Crippen LogP contribution in [0.4, 0.5) is 0 Å². The lowest BCUT2D eigenvalue weighted by molar-refractivity contribution is 0.170. The van der Waals surface area contributed by atoms with Gasteiger partial charge in [-0.25, -0.2) is 15.0 Å². The Morgan fingerprint density at radius 2 is 1.73 bits per heavy atom. The SMILES string of the molecule is ClC1=NC(Cl)=NC([C@H]2C[C@H](c3cc(Cl)nc(Cl)n3)[C@@H]2c2ccccc2)C1. The van der Waals surface area contributed by atoms with E-state index >= 15 is 0 Å². The maximum atomic E-state index is 6.15. The molecule has 0 bridgehead atoms. The summed E-state index contributed by atoms with van der Waals surface area (Å²) >= 11 is 24.3. The number of halogens is 4. The van der Waals surface area contributed by atoms with Gasteiger partial charge in [-0.2, -0.15) is 0 Å². The lowest BCUT2D eigenvalue weighted by atomic mass is 9.58. The summed E-state index contributed by atoms with van der Waals surface area (Å²) in [6, 6.07) is 12.1. The molecule has 0 radical (unpaired) electrons. The van der Waals surface area contributed by atoms with Crippen LogP contribution in [0.5, 0.6) is 0 Å². The van der Waals surface area contributed by atoms with E-state index in [0.717, 1.165) is 12.1 Å². The van der Waals surface area contributed by atoms with Gasteiger partial charge in [-0.3, -0.25) is 4.99 Å². The number of nitrogens with zero attached hydrogens (tertiary/aromatic N) is 4. The highest BCUT2D eigenvalue weighted by Crippen LogP contribution is 2.56. The van der Waals surface area contributed by atoms with Crippen LogP contribution in [0.15, 0.2) is 46.4 Å². The Labute approximate surface area is 171 Å². The number of aromatic nitrogens is 2. The largest absolute Gasteiger partial charge is 0.252 e. The highest BCUT2D eigenvalue weighted by Gasteiger charge is 2.48. The summed E-state index contributed by atoms with van der Waals surface area (Å²) in [7, 11) is 0. The molecule has 4 nitrogen and oxygen atoms in total. The van der Waals surface area contributed by atoms with Gasteiger partial charge in [0.25, 0.3) is 0 Å². The summed E-state index contributed by atoms with van der Waals surface area (Å²) in [5, 5.41) is 1.23. The van der Waals surface area contributed by atoms with Crippen molar-refractivity contribution in [2.45, 2.75) is 30.7 Å². The number of hydrogen-bond donors (Lipinski definition) is 0. The maximum Gasteiger partial charge on any atom is 0.224 e. The van der Waals surface area contributed by atoms with Gasteiger partial charge in [-0.1, -0.05) is 53.5 Å². The predicted octanol–water partition coefficient (Wildman–Crippen LogP) is 5.68. The molecule has 2 aliphatic rings. The van der Waals surface area contributed by atoms with E-state index in [2.05, 4.69) is 32.1 Å². The van der Waals surface area contributed by atoms with Crippen LogP contribution in [0.3, 0.4) is 0 Å². The maximum absolute atomic E-state index is 6.15. The molecule has 1 aliphatic carbocycles. The molecule has 0 amide bonds. The Balaban J connectivity index is 1.68. The first kappa shape index (κ1) is 18.2. The smallest absolute Gasteiger partial charge is 0.224 e. The molecule has 2 heterocycles. The standard InChI is InChI=1S/C18H14Cl4N4/c19-14-7-12(23-17(21)25-14)10-6-11(13-8-15(20)26-18(22)24-13)16(10)9-4-2-1-3-5-9/h1-5,7,10-11,13,16H,6,8H2/t10-,11-,13?,16+/m1/s1. The monoisotopic (exact) mass is 426 g/mol. The van der Waals surface area contributed by atoms with Crippen molar-refractivity contribution < 1.29 is 0 Å². The van der Waals surface area contributed by atoms with Crippen molar-refractivity contribution in [2.24, 2.45) is 15.9 Å². The highest BCUT2D eigenvalue weighted by atomic mass is 35.5. The summed E-state index contributed by atoms with van der Waals surface area (Å²) in [6.45, 7) is 0. The Hall–Kier alpha value is -1.20. The van der Waals surface area contributed by atoms with Crippen molar-refractivity contribution in [1.29, 1.82) is 0 Å². The second kappa shape index (κ2) is 7.43. The van der Waals surface area contributed by atoms with Gasteiger partial charge >= 0.3 is 0 Å². The summed E-state index contributed by atoms with van der Waals surface area (Å²) in [6.07, 6.45) is 1.50. The third-order valence-electron chi connectivity index (χ3n) is 5.03. The quantitative estimate of drug-likeness (QED) is 0.359. The first-order valence-electron chi connectivity index (χ1n) is 8.22. The average Bonchev–Trinajstić information content (AvgIpc) is 2.53. The van der Waals surface area contributed by atoms with Gasteiger partial charge in [0.15, 0.2) is 0 Å². The molecule has 4 atom stereocenters. The van der Waals surface area contributed by atoms with Crippen LogP contribution in [0.25, 0.3) is 0 Å². The molecular weight excluding hydrogens is 414 g/mol. The molecule has 0 spiro atoms. The number of aliphatic imine (C=N–C) groups is 2. The zero-order chi connectivity index (χ0) is 18.3. The molecule has 4 rings (SSSR count). The van der Waals surface area contributed by atoms with E-state index in [9.17, 15) is 0 Å². The van der Waals surface area contributed by atoms with Crippen molar-refractivity contribution >= 4 is 56.9 Å². The summed E-state index contributed by atoms with van der Waals surface area (Å²) in [5.41, 5.74) is 2.08. The van der Waals surface area contributed by atoms with Crippen molar-refractivity contribution in [3.8, 4) is 0 Å². The average molecular weight is 428 g/mol. The summed E-state index contributed by atoms with van der Waals surface area (Å²) in [5.74, 6) is 0.693. The van der Waals surface area contributed by atoms with E-state index in [1.54, 1.807) is 6.07 Å². The zero-order valence-corrected chi connectivity index (χ0v) is 16.5. The third kappa shape index (κ3) is 3.61. The van der Waals surface area contributed by atoms with Crippen LogP contribution in [-0.2, 0) is 0 Å². The normalized spacial score (nSPS) is 28.2. The van der Waals surface area contributed by atoms with Gasteiger partial charge in [-0.05, 0) is 53.1 Å². The molecule has 134 valence electrons. The van der Waals surface area contributed by atoms with E-state index in [1.165, 1.54) is 5.56 Å². The molecule has 0 saturated heterocycles. The van der Waals surface area contributed by atoms with Gasteiger partial charge in [0.2, 0.25) is 10.6 Å². The van der Waals surface area contributed by atoms with Gasteiger partial charge in [-0.15, -0.1) is 0 Å². The fraction of sp³-hybridized carbons (Fsp3) is 0.333. The zero-order valence-electron chi connectivity index (χ0n) is 13.5. The molecule has 8 heteroatoms. The molecule has 1 aromatic heterocycles. The lowest BCUT2D eigenvalue weighted by Crippen LogP contribution is -2.42. The Morgan fingerprint density at radius 1 is 0.962 bits per heavy atom. The fourth-order valence-corrected chi connectivity index (χ4v) is 4.85. The van der Waals surface area contributed by atoms with Crippen LogP contribution in [-0.4, -0.2) is 26.5 Å². The van der Waals surface area contributed by atoms with Crippen LogP contribution in [0.2, 0.25) is 10.4 Å². The molecule has 1 fully saturated rings. The van der Waals surface area contributed by atoms with E-state index in [4.69, 9.17) is 46.4 Å². The second-order valence-electron chi connectivity index (χ2n) is 6.48. The second-order valence-corrected chi connectivity index (χ2v) is 7.98. The van der Waals surface area contributed by atoms with Crippen LogP contribution in [0.1, 0.15) is 35.9 Å². The summed E-state index contributed by atoms with van der Waals surface area (Å²) < 4.78 is 0. The highest BCUT2D eigenvalue weighted by molar-refractivity contribution is 6.72. The summed E-state index contributed by atoms with van der Waals surface area (Å²) in [4.78, 5) is 16.9. The topological polar surface area (TPSA) is 50.5 Å². The number of rotatable bonds is 3. The van der Waals surface area contributed by atoms with E-state index in [-0.39, 0.29) is 34.4 Å². The Bertz CT molecular complexity index is 864. The van der Waals surface area contributed by atoms with Crippen LogP contribution < -0.4 is 0 Å². The van der Waals surface area contributed by atoms with Crippen molar-refractivity contribution in [3.63, 3.8) is 0 Å². The predicted molar refractivity (Wildman–Crippen MR) is 107 cm³/mol. The van der Waals surface area contributed by atoms with Gasteiger partial charge in [0, 0.05) is 12.3 Å². The first-order valence-corrected chi connectivity index (χ1v) is 9.73. The van der Waals surface area contributed by atoms with Crippen molar-refractivity contribution in [1.82, 2.24) is 9.97 Å². The van der Waals surface area contributed by atoms with E-state index < -0.39 is 0 Å². The third-order valence-corrected chi connectivity index (χ3v) is 5.81. The molecule has 1 aliphatic heterocycles. The van der Waals surface area contributed by atoms with Crippen LogP contribution >= 0.6 is 46.4 Å². The molecule has 26 heavy (non-hydrogen) atoms. The fourth-order valence-electron chi connectivity index (χ4n) is 3.92.